The molecule has 1 aromatic carbocycles. The molecule has 1 atom stereocenters. The SMILES string of the molecule is CC(C)n1ccc(CC2(C#N)CCOc3ccccc32)n1. The van der Waals surface area contributed by atoms with Crippen LogP contribution in [0.1, 0.15) is 37.6 Å². The van der Waals surface area contributed by atoms with Gasteiger partial charge in [0.25, 0.3) is 0 Å². The molecule has 1 unspecified atom stereocenters. The maximum absolute atomic E-state index is 9.83. The molecule has 0 N–H and O–H groups in total. The minimum absolute atomic E-state index is 0.332. The van der Waals surface area contributed by atoms with Crippen molar-refractivity contribution < 1.29 is 4.74 Å². The second-order valence-electron chi connectivity index (χ2n) is 5.85. The molecule has 0 saturated carbocycles. The largest absolute Gasteiger partial charge is 0.493 e. The molecule has 0 aliphatic carbocycles. The molecular weight excluding hydrogens is 262 g/mol. The number of hydrogen-bond acceptors (Lipinski definition) is 3. The monoisotopic (exact) mass is 281 g/mol. The predicted octanol–water partition coefficient (Wildman–Crippen LogP) is 3.25. The van der Waals surface area contributed by atoms with Gasteiger partial charge in [-0.25, -0.2) is 0 Å². The maximum atomic E-state index is 9.83. The molecule has 0 spiro atoms. The molecule has 2 heterocycles. The van der Waals surface area contributed by atoms with Gasteiger partial charge in [-0.15, -0.1) is 0 Å². The van der Waals surface area contributed by atoms with E-state index >= 15 is 0 Å². The Balaban J connectivity index is 1.97. The van der Waals surface area contributed by atoms with Crippen molar-refractivity contribution in [2.75, 3.05) is 6.61 Å². The fourth-order valence-electron chi connectivity index (χ4n) is 2.87. The van der Waals surface area contributed by atoms with Crippen LogP contribution in [0.5, 0.6) is 5.75 Å². The second kappa shape index (κ2) is 5.25. The van der Waals surface area contributed by atoms with Crippen molar-refractivity contribution in [1.29, 1.82) is 5.26 Å². The average Bonchev–Trinajstić information content (AvgIpc) is 2.96. The van der Waals surface area contributed by atoms with Crippen LogP contribution < -0.4 is 4.74 Å². The van der Waals surface area contributed by atoms with Crippen molar-refractivity contribution in [1.82, 2.24) is 9.78 Å². The first-order valence-electron chi connectivity index (χ1n) is 7.32. The highest BCUT2D eigenvalue weighted by atomic mass is 16.5. The summed E-state index contributed by atoms with van der Waals surface area (Å²) >= 11 is 0. The van der Waals surface area contributed by atoms with E-state index in [9.17, 15) is 5.26 Å². The molecule has 2 aromatic rings. The highest BCUT2D eigenvalue weighted by Gasteiger charge is 2.38. The van der Waals surface area contributed by atoms with Crippen molar-refractivity contribution >= 4 is 0 Å². The lowest BCUT2D eigenvalue weighted by Crippen LogP contribution is -2.34. The zero-order valence-electron chi connectivity index (χ0n) is 12.4. The van der Waals surface area contributed by atoms with Gasteiger partial charge in [-0.05, 0) is 26.0 Å². The van der Waals surface area contributed by atoms with Crippen molar-refractivity contribution in [2.45, 2.75) is 38.1 Å². The quantitative estimate of drug-likeness (QED) is 0.867. The predicted molar refractivity (Wildman–Crippen MR) is 80.2 cm³/mol. The Morgan fingerprint density at radius 3 is 2.90 bits per heavy atom. The number of fused-ring (bicyclic) bond motifs is 1. The molecule has 108 valence electrons. The summed E-state index contributed by atoms with van der Waals surface area (Å²) in [5.74, 6) is 0.827. The van der Waals surface area contributed by atoms with E-state index in [1.165, 1.54) is 0 Å². The minimum Gasteiger partial charge on any atom is -0.493 e. The molecule has 1 aromatic heterocycles. The van der Waals surface area contributed by atoms with Gasteiger partial charge in [-0.3, -0.25) is 4.68 Å². The highest BCUT2D eigenvalue weighted by molar-refractivity contribution is 5.46. The molecule has 0 fully saturated rings. The smallest absolute Gasteiger partial charge is 0.124 e. The summed E-state index contributed by atoms with van der Waals surface area (Å²) in [5, 5.41) is 14.4. The summed E-state index contributed by atoms with van der Waals surface area (Å²) in [6, 6.07) is 12.7. The van der Waals surface area contributed by atoms with Gasteiger partial charge in [0.1, 0.15) is 5.75 Å². The fraction of sp³-hybridized carbons (Fsp3) is 0.412. The maximum Gasteiger partial charge on any atom is 0.124 e. The molecular formula is C17H19N3O. The summed E-state index contributed by atoms with van der Waals surface area (Å²) in [6.45, 7) is 4.77. The van der Waals surface area contributed by atoms with Gasteiger partial charge < -0.3 is 4.74 Å². The van der Waals surface area contributed by atoms with Crippen LogP contribution in [0.15, 0.2) is 36.5 Å². The lowest BCUT2D eigenvalue weighted by Gasteiger charge is -2.32. The first-order chi connectivity index (χ1) is 10.1. The van der Waals surface area contributed by atoms with E-state index in [-0.39, 0.29) is 0 Å². The topological polar surface area (TPSA) is 50.8 Å². The number of ether oxygens (including phenoxy) is 1. The first-order valence-corrected chi connectivity index (χ1v) is 7.32. The van der Waals surface area contributed by atoms with E-state index in [0.29, 0.717) is 25.5 Å². The zero-order valence-corrected chi connectivity index (χ0v) is 12.4. The van der Waals surface area contributed by atoms with Gasteiger partial charge in [-0.1, -0.05) is 18.2 Å². The van der Waals surface area contributed by atoms with Gasteiger partial charge >= 0.3 is 0 Å². The summed E-state index contributed by atoms with van der Waals surface area (Å²) in [7, 11) is 0. The molecule has 0 amide bonds. The number of para-hydroxylation sites is 1. The number of aromatic nitrogens is 2. The Bertz CT molecular complexity index is 683. The molecule has 21 heavy (non-hydrogen) atoms. The van der Waals surface area contributed by atoms with Gasteiger partial charge in [0, 0.05) is 30.6 Å². The number of nitriles is 1. The summed E-state index contributed by atoms with van der Waals surface area (Å²) < 4.78 is 7.62. The summed E-state index contributed by atoms with van der Waals surface area (Å²) in [5.41, 5.74) is 1.41. The van der Waals surface area contributed by atoms with Crippen LogP contribution in [0.25, 0.3) is 0 Å². The number of hydrogen-bond donors (Lipinski definition) is 0. The van der Waals surface area contributed by atoms with E-state index < -0.39 is 5.41 Å². The number of nitrogens with zero attached hydrogens (tertiary/aromatic N) is 3. The molecule has 4 heteroatoms. The van der Waals surface area contributed by atoms with Crippen molar-refractivity contribution in [3.8, 4) is 11.8 Å². The molecule has 0 saturated heterocycles. The first kappa shape index (κ1) is 13.7. The lowest BCUT2D eigenvalue weighted by atomic mass is 9.74. The molecule has 0 bridgehead atoms. The Morgan fingerprint density at radius 2 is 2.19 bits per heavy atom. The van der Waals surface area contributed by atoms with Gasteiger partial charge in [0.15, 0.2) is 0 Å². The van der Waals surface area contributed by atoms with Crippen LogP contribution in [-0.4, -0.2) is 16.4 Å². The normalized spacial score (nSPS) is 20.7. The third-order valence-electron chi connectivity index (χ3n) is 4.08. The van der Waals surface area contributed by atoms with Crippen LogP contribution in [0.3, 0.4) is 0 Å². The van der Waals surface area contributed by atoms with E-state index in [1.807, 2.05) is 41.2 Å². The third kappa shape index (κ3) is 2.40. The number of benzene rings is 1. The van der Waals surface area contributed by atoms with Gasteiger partial charge in [0.2, 0.25) is 0 Å². The minimum atomic E-state index is -0.537. The van der Waals surface area contributed by atoms with Gasteiger partial charge in [0.05, 0.1) is 23.8 Å². The third-order valence-corrected chi connectivity index (χ3v) is 4.08. The lowest BCUT2D eigenvalue weighted by molar-refractivity contribution is 0.240. The van der Waals surface area contributed by atoms with Crippen LogP contribution in [-0.2, 0) is 11.8 Å². The van der Waals surface area contributed by atoms with E-state index in [2.05, 4.69) is 25.0 Å². The van der Waals surface area contributed by atoms with Crippen LogP contribution in [0, 0.1) is 11.3 Å². The van der Waals surface area contributed by atoms with E-state index in [0.717, 1.165) is 17.0 Å². The van der Waals surface area contributed by atoms with Gasteiger partial charge in [-0.2, -0.15) is 10.4 Å². The van der Waals surface area contributed by atoms with Crippen LogP contribution in [0.4, 0.5) is 0 Å². The van der Waals surface area contributed by atoms with Crippen LogP contribution in [0.2, 0.25) is 0 Å². The summed E-state index contributed by atoms with van der Waals surface area (Å²) in [6.07, 6.45) is 3.31. The second-order valence-corrected chi connectivity index (χ2v) is 5.85. The molecule has 4 nitrogen and oxygen atoms in total. The van der Waals surface area contributed by atoms with Crippen molar-refractivity contribution in [3.63, 3.8) is 0 Å². The Hall–Kier alpha value is -2.28. The Kier molecular flexibility index (Phi) is 3.42. The average molecular weight is 281 g/mol. The Morgan fingerprint density at radius 1 is 1.38 bits per heavy atom. The van der Waals surface area contributed by atoms with E-state index in [1.54, 1.807) is 0 Å². The molecule has 1 aliphatic rings. The Labute approximate surface area is 125 Å². The number of rotatable bonds is 3. The molecule has 1 aliphatic heterocycles. The zero-order chi connectivity index (χ0) is 14.9. The molecule has 3 rings (SSSR count). The van der Waals surface area contributed by atoms with Crippen molar-refractivity contribution in [3.05, 3.63) is 47.8 Å². The molecule has 0 radical (unpaired) electrons. The van der Waals surface area contributed by atoms with Crippen molar-refractivity contribution in [2.24, 2.45) is 0 Å². The van der Waals surface area contributed by atoms with Crippen LogP contribution >= 0.6 is 0 Å². The highest BCUT2D eigenvalue weighted by Crippen LogP contribution is 2.40. The fourth-order valence-corrected chi connectivity index (χ4v) is 2.87. The van der Waals surface area contributed by atoms with E-state index in [4.69, 9.17) is 4.74 Å². The summed E-state index contributed by atoms with van der Waals surface area (Å²) in [4.78, 5) is 0. The standard InChI is InChI=1S/C17H19N3O/c1-13(2)20-9-7-14(19-20)11-17(12-18)8-10-21-16-6-4-3-5-15(16)17/h3-7,9,13H,8,10-11H2,1-2H3.